The molecular formula is C11H16N2O4S. The molecule has 0 bridgehead atoms. The van der Waals surface area contributed by atoms with Crippen LogP contribution in [0, 0.1) is 6.92 Å². The first-order valence-corrected chi connectivity index (χ1v) is 6.80. The fraction of sp³-hybridized carbons (Fsp3) is 0.455. The van der Waals surface area contributed by atoms with E-state index in [0.29, 0.717) is 6.42 Å². The molecule has 6 nitrogen and oxygen atoms in total. The Kier molecular flexibility index (Phi) is 4.55. The van der Waals surface area contributed by atoms with E-state index >= 15 is 0 Å². The Morgan fingerprint density at radius 3 is 2.00 bits per heavy atom. The van der Waals surface area contributed by atoms with Gasteiger partial charge in [-0.25, -0.2) is 0 Å². The third-order valence-corrected chi connectivity index (χ3v) is 3.21. The van der Waals surface area contributed by atoms with Gasteiger partial charge in [-0.15, -0.1) is 0 Å². The molecule has 0 radical (unpaired) electrons. The minimum atomic E-state index is -4.02. The van der Waals surface area contributed by atoms with E-state index in [1.54, 1.807) is 12.1 Å². The molecule has 0 saturated heterocycles. The van der Waals surface area contributed by atoms with Crippen molar-refractivity contribution in [3.8, 4) is 0 Å². The number of rotatable bonds is 3. The molecule has 100 valence electrons. The maximum atomic E-state index is 10.5. The number of aryl methyl sites for hydroxylation is 1. The van der Waals surface area contributed by atoms with Gasteiger partial charge in [0, 0.05) is 13.0 Å². The van der Waals surface area contributed by atoms with Crippen molar-refractivity contribution in [2.24, 2.45) is 10.2 Å². The zero-order valence-corrected chi connectivity index (χ0v) is 11.1. The average Bonchev–Trinajstić information content (AvgIpc) is 2.97. The summed E-state index contributed by atoms with van der Waals surface area (Å²) in [6.45, 7) is 3.92. The van der Waals surface area contributed by atoms with Crippen molar-refractivity contribution in [1.29, 1.82) is 0 Å². The highest BCUT2D eigenvalue weighted by Crippen LogP contribution is 2.29. The summed E-state index contributed by atoms with van der Waals surface area (Å²) in [7, 11) is -4.02. The van der Waals surface area contributed by atoms with Gasteiger partial charge >= 0.3 is 0 Å². The third-order valence-electron chi connectivity index (χ3n) is 2.35. The van der Waals surface area contributed by atoms with Gasteiger partial charge in [0.15, 0.2) is 5.66 Å². The molecule has 18 heavy (non-hydrogen) atoms. The topological polar surface area (TPSA) is 99.3 Å². The van der Waals surface area contributed by atoms with E-state index in [0.717, 1.165) is 5.56 Å². The van der Waals surface area contributed by atoms with Gasteiger partial charge in [-0.3, -0.25) is 4.55 Å². The molecule has 0 unspecified atom stereocenters. The molecule has 1 aromatic carbocycles. The van der Waals surface area contributed by atoms with Crippen LogP contribution in [-0.4, -0.2) is 30.3 Å². The van der Waals surface area contributed by atoms with Crippen LogP contribution >= 0.6 is 0 Å². The summed E-state index contributed by atoms with van der Waals surface area (Å²) < 4.78 is 29.6. The summed E-state index contributed by atoms with van der Waals surface area (Å²) in [6.07, 6.45) is 0.674. The number of benzene rings is 1. The Balaban J connectivity index is 0.000000199. The number of aliphatic hydroxyl groups is 1. The maximum Gasteiger partial charge on any atom is 0.294 e. The molecule has 0 aromatic heterocycles. The van der Waals surface area contributed by atoms with Crippen molar-refractivity contribution in [1.82, 2.24) is 0 Å². The zero-order chi connectivity index (χ0) is 13.8. The summed E-state index contributed by atoms with van der Waals surface area (Å²) in [6, 6.07) is 5.99. The third kappa shape index (κ3) is 4.91. The highest BCUT2D eigenvalue weighted by molar-refractivity contribution is 7.85. The van der Waals surface area contributed by atoms with Crippen molar-refractivity contribution in [2.45, 2.75) is 30.8 Å². The van der Waals surface area contributed by atoms with Crippen molar-refractivity contribution in [3.05, 3.63) is 29.8 Å². The highest BCUT2D eigenvalue weighted by Gasteiger charge is 2.32. The molecular weight excluding hydrogens is 256 g/mol. The molecule has 7 heteroatoms. The van der Waals surface area contributed by atoms with Gasteiger partial charge in [0.1, 0.15) is 0 Å². The first-order chi connectivity index (χ1) is 8.27. The molecule has 0 spiro atoms. The molecule has 0 amide bonds. The van der Waals surface area contributed by atoms with Gasteiger partial charge in [-0.2, -0.15) is 18.6 Å². The summed E-state index contributed by atoms with van der Waals surface area (Å²) >= 11 is 0. The van der Waals surface area contributed by atoms with E-state index in [-0.39, 0.29) is 17.2 Å². The number of aliphatic hydroxyl groups excluding tert-OH is 1. The second-order valence-corrected chi connectivity index (χ2v) is 5.60. The van der Waals surface area contributed by atoms with Crippen LogP contribution in [-0.2, 0) is 10.1 Å². The number of hydrogen-bond acceptors (Lipinski definition) is 5. The van der Waals surface area contributed by atoms with Crippen LogP contribution in [0.15, 0.2) is 39.4 Å². The average molecular weight is 272 g/mol. The largest absolute Gasteiger partial charge is 0.396 e. The molecule has 0 fully saturated rings. The lowest BCUT2D eigenvalue weighted by Crippen LogP contribution is -2.05. The molecule has 1 aromatic rings. The predicted molar refractivity (Wildman–Crippen MR) is 66.0 cm³/mol. The normalized spacial score (nSPS) is 15.8. The molecule has 2 rings (SSSR count). The van der Waals surface area contributed by atoms with E-state index in [4.69, 9.17) is 9.66 Å². The Morgan fingerprint density at radius 1 is 1.22 bits per heavy atom. The summed E-state index contributed by atoms with van der Waals surface area (Å²) in [5.74, 6) is 0. The molecule has 0 saturated carbocycles. The zero-order valence-electron chi connectivity index (χ0n) is 10.2. The van der Waals surface area contributed by atoms with E-state index in [1.165, 1.54) is 12.1 Å². The Labute approximate surface area is 106 Å². The van der Waals surface area contributed by atoms with Crippen LogP contribution in [0.2, 0.25) is 0 Å². The summed E-state index contributed by atoms with van der Waals surface area (Å²) in [5.41, 5.74) is 0.756. The maximum absolute atomic E-state index is 10.5. The van der Waals surface area contributed by atoms with Crippen LogP contribution in [0.25, 0.3) is 0 Å². The van der Waals surface area contributed by atoms with Gasteiger partial charge in [0.2, 0.25) is 0 Å². The van der Waals surface area contributed by atoms with E-state index in [9.17, 15) is 8.42 Å². The molecule has 1 aliphatic rings. The number of nitrogens with zero attached hydrogens (tertiary/aromatic N) is 2. The van der Waals surface area contributed by atoms with Crippen molar-refractivity contribution < 1.29 is 18.1 Å². The fourth-order valence-electron chi connectivity index (χ4n) is 1.11. The molecule has 2 N–H and O–H groups in total. The van der Waals surface area contributed by atoms with Crippen LogP contribution in [0.1, 0.15) is 18.9 Å². The molecule has 0 atom stereocenters. The molecule has 0 aliphatic carbocycles. The van der Waals surface area contributed by atoms with E-state index < -0.39 is 10.1 Å². The minimum absolute atomic E-state index is 0.0666. The second kappa shape index (κ2) is 5.55. The first kappa shape index (κ1) is 14.7. The Morgan fingerprint density at radius 2 is 1.72 bits per heavy atom. The molecule has 1 aliphatic heterocycles. The Bertz CT molecular complexity index is 516. The fourth-order valence-corrected chi connectivity index (χ4v) is 1.59. The van der Waals surface area contributed by atoms with Crippen LogP contribution in [0.4, 0.5) is 0 Å². The Hall–Kier alpha value is -1.31. The van der Waals surface area contributed by atoms with Crippen LogP contribution in [0.3, 0.4) is 0 Å². The smallest absolute Gasteiger partial charge is 0.294 e. The monoisotopic (exact) mass is 272 g/mol. The van der Waals surface area contributed by atoms with E-state index in [1.807, 2.05) is 13.8 Å². The van der Waals surface area contributed by atoms with Gasteiger partial charge in [0.05, 0.1) is 4.90 Å². The van der Waals surface area contributed by atoms with Crippen molar-refractivity contribution >= 4 is 10.1 Å². The summed E-state index contributed by atoms with van der Waals surface area (Å²) in [4.78, 5) is -0.0666. The lowest BCUT2D eigenvalue weighted by atomic mass is 10.2. The predicted octanol–water partition coefficient (Wildman–Crippen LogP) is 1.79. The van der Waals surface area contributed by atoms with Crippen LogP contribution < -0.4 is 0 Å². The quantitative estimate of drug-likeness (QED) is 0.819. The van der Waals surface area contributed by atoms with Gasteiger partial charge in [0.25, 0.3) is 10.1 Å². The van der Waals surface area contributed by atoms with Crippen molar-refractivity contribution in [3.63, 3.8) is 0 Å². The summed E-state index contributed by atoms with van der Waals surface area (Å²) in [5, 5.41) is 15.7. The lowest BCUT2D eigenvalue weighted by Gasteiger charge is -1.95. The van der Waals surface area contributed by atoms with Crippen LogP contribution in [0.5, 0.6) is 0 Å². The first-order valence-electron chi connectivity index (χ1n) is 5.36. The molecule has 1 heterocycles. The highest BCUT2D eigenvalue weighted by atomic mass is 32.2. The van der Waals surface area contributed by atoms with Gasteiger partial charge in [-0.1, -0.05) is 17.7 Å². The minimum Gasteiger partial charge on any atom is -0.396 e. The van der Waals surface area contributed by atoms with Crippen molar-refractivity contribution in [2.75, 3.05) is 6.61 Å². The van der Waals surface area contributed by atoms with E-state index in [2.05, 4.69) is 10.2 Å². The van der Waals surface area contributed by atoms with Gasteiger partial charge < -0.3 is 5.11 Å². The second-order valence-electron chi connectivity index (χ2n) is 4.18. The SMILES string of the molecule is CC1(CCO)N=N1.Cc1ccc(S(=O)(=O)O)cc1. The number of hydrogen-bond donors (Lipinski definition) is 2. The standard InChI is InChI=1S/C7H8O3S.C4H8N2O/c1-6-2-4-7(5-3-6)11(8,9)10;1-4(2-3-7)5-6-4/h2-5H,1H3,(H,8,9,10);7H,2-3H2,1H3. The van der Waals surface area contributed by atoms with Gasteiger partial charge in [-0.05, 0) is 26.0 Å². The lowest BCUT2D eigenvalue weighted by molar-refractivity contribution is 0.270.